The first-order chi connectivity index (χ1) is 13.7. The molecule has 140 valence electrons. The van der Waals surface area contributed by atoms with Gasteiger partial charge in [0.25, 0.3) is 0 Å². The molecule has 0 radical (unpaired) electrons. The third kappa shape index (κ3) is 2.41. The minimum Gasteiger partial charge on any atom is -0.378 e. The van der Waals surface area contributed by atoms with Crippen LogP contribution in [0.25, 0.3) is 22.4 Å². The third-order valence-corrected chi connectivity index (χ3v) is 5.64. The molecule has 1 atom stereocenters. The molecule has 0 spiro atoms. The van der Waals surface area contributed by atoms with Gasteiger partial charge in [-0.05, 0) is 48.9 Å². The van der Waals surface area contributed by atoms with Gasteiger partial charge in [0.2, 0.25) is 0 Å². The van der Waals surface area contributed by atoms with E-state index < -0.39 is 0 Å². The minimum absolute atomic E-state index is 0.0820. The summed E-state index contributed by atoms with van der Waals surface area (Å²) in [4.78, 5) is 9.62. The zero-order valence-corrected chi connectivity index (χ0v) is 16.5. The molecule has 0 saturated carbocycles. The molecular formula is C24H24N4. The summed E-state index contributed by atoms with van der Waals surface area (Å²) < 4.78 is 2.39. The number of rotatable bonds is 3. The van der Waals surface area contributed by atoms with Crippen molar-refractivity contribution in [3.63, 3.8) is 0 Å². The van der Waals surface area contributed by atoms with Crippen LogP contribution in [0.1, 0.15) is 18.7 Å². The van der Waals surface area contributed by atoms with Crippen LogP contribution < -0.4 is 9.80 Å². The standard InChI is InChI=1S/C24H24N4/c1-4-27-21-11-7-5-9-19(21)23-25-20-10-6-8-12-22(20)28(23)24(27)17-13-15-18(16-14-17)26(2)3/h5-16,24H,4H2,1-3H3/t24-/m1/s1. The molecule has 0 bridgehead atoms. The normalized spacial score (nSPS) is 15.4. The molecule has 3 aromatic carbocycles. The average molecular weight is 368 g/mol. The number of hydrogen-bond donors (Lipinski definition) is 0. The molecule has 0 fully saturated rings. The van der Waals surface area contributed by atoms with Gasteiger partial charge >= 0.3 is 0 Å². The van der Waals surface area contributed by atoms with E-state index in [1.807, 2.05) is 0 Å². The van der Waals surface area contributed by atoms with Gasteiger partial charge in [0.05, 0.1) is 11.0 Å². The van der Waals surface area contributed by atoms with Crippen molar-refractivity contribution in [2.24, 2.45) is 0 Å². The van der Waals surface area contributed by atoms with Gasteiger partial charge in [-0.1, -0.05) is 36.4 Å². The fourth-order valence-corrected chi connectivity index (χ4v) is 4.28. The average Bonchev–Trinajstić information content (AvgIpc) is 3.12. The molecule has 1 aliphatic rings. The second-order valence-corrected chi connectivity index (χ2v) is 7.46. The van der Waals surface area contributed by atoms with Crippen molar-refractivity contribution in [1.29, 1.82) is 0 Å². The van der Waals surface area contributed by atoms with Crippen LogP contribution in [-0.4, -0.2) is 30.2 Å². The van der Waals surface area contributed by atoms with E-state index in [2.05, 4.69) is 108 Å². The Bertz CT molecular complexity index is 1140. The highest BCUT2D eigenvalue weighted by Gasteiger charge is 2.33. The lowest BCUT2D eigenvalue weighted by Crippen LogP contribution is -2.37. The quantitative estimate of drug-likeness (QED) is 0.499. The highest BCUT2D eigenvalue weighted by atomic mass is 15.3. The van der Waals surface area contributed by atoms with Crippen LogP contribution in [0.3, 0.4) is 0 Å². The van der Waals surface area contributed by atoms with E-state index >= 15 is 0 Å². The number of hydrogen-bond acceptors (Lipinski definition) is 3. The first-order valence-corrected chi connectivity index (χ1v) is 9.79. The van der Waals surface area contributed by atoms with Crippen LogP contribution in [-0.2, 0) is 0 Å². The van der Waals surface area contributed by atoms with Crippen LogP contribution in [0.5, 0.6) is 0 Å². The maximum atomic E-state index is 5.01. The summed E-state index contributed by atoms with van der Waals surface area (Å²) in [6.07, 6.45) is 0.0820. The number of imidazole rings is 1. The molecular weight excluding hydrogens is 344 g/mol. The molecule has 28 heavy (non-hydrogen) atoms. The van der Waals surface area contributed by atoms with Crippen LogP contribution in [0.2, 0.25) is 0 Å². The predicted octanol–water partition coefficient (Wildman–Crippen LogP) is 5.16. The van der Waals surface area contributed by atoms with E-state index in [1.165, 1.54) is 28.0 Å². The Morgan fingerprint density at radius 3 is 2.36 bits per heavy atom. The fourth-order valence-electron chi connectivity index (χ4n) is 4.28. The molecule has 4 heteroatoms. The first kappa shape index (κ1) is 16.9. The Morgan fingerprint density at radius 1 is 0.893 bits per heavy atom. The molecule has 0 unspecified atom stereocenters. The zero-order valence-electron chi connectivity index (χ0n) is 16.5. The van der Waals surface area contributed by atoms with Crippen LogP contribution in [0, 0.1) is 0 Å². The van der Waals surface area contributed by atoms with Gasteiger partial charge in [0, 0.05) is 37.6 Å². The van der Waals surface area contributed by atoms with Crippen molar-refractivity contribution in [3.05, 3.63) is 78.4 Å². The maximum Gasteiger partial charge on any atom is 0.145 e. The number of nitrogens with zero attached hydrogens (tertiary/aromatic N) is 4. The van der Waals surface area contributed by atoms with E-state index in [0.29, 0.717) is 0 Å². The number of anilines is 2. The number of benzene rings is 3. The van der Waals surface area contributed by atoms with Crippen molar-refractivity contribution in [1.82, 2.24) is 9.55 Å². The Morgan fingerprint density at radius 2 is 1.61 bits per heavy atom. The van der Waals surface area contributed by atoms with Crippen molar-refractivity contribution in [3.8, 4) is 11.4 Å². The van der Waals surface area contributed by atoms with Gasteiger partial charge < -0.3 is 9.80 Å². The highest BCUT2D eigenvalue weighted by Crippen LogP contribution is 2.44. The second-order valence-electron chi connectivity index (χ2n) is 7.46. The SMILES string of the molecule is CCN1c2ccccc2-c2nc3ccccc3n2[C@@H]1c1ccc(N(C)C)cc1. The second kappa shape index (κ2) is 6.41. The summed E-state index contributed by atoms with van der Waals surface area (Å²) in [7, 11) is 4.15. The summed E-state index contributed by atoms with van der Waals surface area (Å²) in [5, 5.41) is 0. The van der Waals surface area contributed by atoms with Crippen LogP contribution >= 0.6 is 0 Å². The molecule has 1 aromatic heterocycles. The molecule has 0 aliphatic carbocycles. The van der Waals surface area contributed by atoms with Crippen molar-refractivity contribution < 1.29 is 0 Å². The summed E-state index contributed by atoms with van der Waals surface area (Å²) in [6.45, 7) is 3.14. The Labute approximate surface area is 165 Å². The summed E-state index contributed by atoms with van der Waals surface area (Å²) in [5.41, 5.74) is 7.13. The summed E-state index contributed by atoms with van der Waals surface area (Å²) in [5.74, 6) is 1.04. The van der Waals surface area contributed by atoms with E-state index in [9.17, 15) is 0 Å². The van der Waals surface area contributed by atoms with E-state index in [4.69, 9.17) is 4.98 Å². The number of aromatic nitrogens is 2. The van der Waals surface area contributed by atoms with Crippen molar-refractivity contribution in [2.45, 2.75) is 13.1 Å². The summed E-state index contributed by atoms with van der Waals surface area (Å²) >= 11 is 0. The monoisotopic (exact) mass is 368 g/mol. The number of para-hydroxylation sites is 3. The van der Waals surface area contributed by atoms with Gasteiger partial charge in [-0.15, -0.1) is 0 Å². The molecule has 5 rings (SSSR count). The molecule has 4 nitrogen and oxygen atoms in total. The molecule has 1 aliphatic heterocycles. The van der Waals surface area contributed by atoms with Gasteiger partial charge in [-0.3, -0.25) is 4.57 Å². The van der Waals surface area contributed by atoms with Crippen molar-refractivity contribution >= 4 is 22.4 Å². The highest BCUT2D eigenvalue weighted by molar-refractivity contribution is 5.87. The number of fused-ring (bicyclic) bond motifs is 5. The largest absolute Gasteiger partial charge is 0.378 e. The summed E-state index contributed by atoms with van der Waals surface area (Å²) in [6, 6.07) is 25.9. The van der Waals surface area contributed by atoms with E-state index in [1.54, 1.807) is 0 Å². The molecule has 0 amide bonds. The van der Waals surface area contributed by atoms with Gasteiger partial charge in [0.15, 0.2) is 0 Å². The van der Waals surface area contributed by atoms with Crippen LogP contribution in [0.4, 0.5) is 11.4 Å². The fraction of sp³-hybridized carbons (Fsp3) is 0.208. The zero-order chi connectivity index (χ0) is 19.3. The lowest BCUT2D eigenvalue weighted by atomic mass is 10.0. The van der Waals surface area contributed by atoms with E-state index in [-0.39, 0.29) is 6.17 Å². The predicted molar refractivity (Wildman–Crippen MR) is 117 cm³/mol. The van der Waals surface area contributed by atoms with Crippen LogP contribution in [0.15, 0.2) is 72.8 Å². The van der Waals surface area contributed by atoms with E-state index in [0.717, 1.165) is 17.9 Å². The topological polar surface area (TPSA) is 24.3 Å². The Kier molecular flexibility index (Phi) is 3.86. The Balaban J connectivity index is 1.79. The third-order valence-electron chi connectivity index (χ3n) is 5.64. The van der Waals surface area contributed by atoms with Gasteiger partial charge in [-0.2, -0.15) is 0 Å². The van der Waals surface area contributed by atoms with Gasteiger partial charge in [-0.25, -0.2) is 4.98 Å². The molecule has 0 saturated heterocycles. The Hall–Kier alpha value is -3.27. The lowest BCUT2D eigenvalue weighted by molar-refractivity contribution is 0.556. The molecule has 4 aromatic rings. The lowest BCUT2D eigenvalue weighted by Gasteiger charge is -2.40. The van der Waals surface area contributed by atoms with Gasteiger partial charge in [0.1, 0.15) is 12.0 Å². The van der Waals surface area contributed by atoms with Crippen molar-refractivity contribution in [2.75, 3.05) is 30.4 Å². The molecule has 0 N–H and O–H groups in total. The smallest absolute Gasteiger partial charge is 0.145 e. The maximum absolute atomic E-state index is 5.01. The first-order valence-electron chi connectivity index (χ1n) is 9.79. The minimum atomic E-state index is 0.0820. The molecule has 2 heterocycles.